The van der Waals surface area contributed by atoms with Crippen molar-refractivity contribution in [3.05, 3.63) is 77.0 Å². The second-order valence-corrected chi connectivity index (χ2v) is 7.63. The Morgan fingerprint density at radius 3 is 2.71 bits per heavy atom. The summed E-state index contributed by atoms with van der Waals surface area (Å²) in [7, 11) is 0. The number of H-pyrrole nitrogens is 1. The zero-order valence-electron chi connectivity index (χ0n) is 17.3. The van der Waals surface area contributed by atoms with Crippen molar-refractivity contribution >= 4 is 23.8 Å². The zero-order valence-corrected chi connectivity index (χ0v) is 18.1. The largest absolute Gasteiger partial charge is 0.326 e. The number of nitrogens with zero attached hydrogens (tertiary/aromatic N) is 4. The maximum atomic E-state index is 12.6. The van der Waals surface area contributed by atoms with Crippen molar-refractivity contribution in [1.29, 1.82) is 0 Å². The van der Waals surface area contributed by atoms with Crippen molar-refractivity contribution in [2.75, 3.05) is 5.32 Å². The van der Waals surface area contributed by atoms with Gasteiger partial charge in [-0.15, -0.1) is 0 Å². The summed E-state index contributed by atoms with van der Waals surface area (Å²) in [5.41, 5.74) is 4.54. The number of anilines is 1. The van der Waals surface area contributed by atoms with Gasteiger partial charge in [0.2, 0.25) is 5.91 Å². The number of hydrogen-bond donors (Lipinski definition) is 2. The van der Waals surface area contributed by atoms with Gasteiger partial charge in [-0.3, -0.25) is 14.5 Å². The predicted molar refractivity (Wildman–Crippen MR) is 123 cm³/mol. The number of aryl methyl sites for hydroxylation is 2. The van der Waals surface area contributed by atoms with E-state index in [0.717, 1.165) is 28.2 Å². The van der Waals surface area contributed by atoms with Gasteiger partial charge in [-0.25, -0.2) is 9.97 Å². The Morgan fingerprint density at radius 1 is 1.10 bits per heavy atom. The van der Waals surface area contributed by atoms with Crippen LogP contribution in [-0.4, -0.2) is 30.6 Å². The first kappa shape index (κ1) is 20.6. The van der Waals surface area contributed by atoms with E-state index >= 15 is 0 Å². The van der Waals surface area contributed by atoms with Crippen LogP contribution in [0.1, 0.15) is 17.8 Å². The van der Waals surface area contributed by atoms with Crippen molar-refractivity contribution in [1.82, 2.24) is 24.7 Å². The molecule has 2 aromatic carbocycles. The van der Waals surface area contributed by atoms with Gasteiger partial charge in [-0.05, 0) is 50.3 Å². The molecule has 1 amide bonds. The van der Waals surface area contributed by atoms with Gasteiger partial charge in [-0.1, -0.05) is 35.9 Å². The topological polar surface area (TPSA) is 88.5 Å². The van der Waals surface area contributed by atoms with E-state index in [1.165, 1.54) is 0 Å². The van der Waals surface area contributed by atoms with Crippen LogP contribution in [0.15, 0.2) is 60.8 Å². The summed E-state index contributed by atoms with van der Waals surface area (Å²) in [6.45, 7) is 4.30. The molecule has 2 heterocycles. The fraction of sp³-hybridized carbons (Fsp3) is 0.174. The van der Waals surface area contributed by atoms with E-state index in [4.69, 9.17) is 12.2 Å². The summed E-state index contributed by atoms with van der Waals surface area (Å²) >= 11 is 5.37. The third kappa shape index (κ3) is 4.92. The Labute approximate surface area is 185 Å². The van der Waals surface area contributed by atoms with Gasteiger partial charge in [0.05, 0.1) is 5.69 Å². The highest BCUT2D eigenvalue weighted by molar-refractivity contribution is 7.71. The number of carbonyl (C=O) groups is 1. The molecule has 0 spiro atoms. The van der Waals surface area contributed by atoms with Crippen LogP contribution in [0, 0.1) is 18.6 Å². The molecule has 4 aromatic rings. The quantitative estimate of drug-likeness (QED) is 0.433. The number of carbonyl (C=O) groups excluding carboxylic acids is 1. The van der Waals surface area contributed by atoms with Crippen LogP contribution in [0.25, 0.3) is 22.6 Å². The normalized spacial score (nSPS) is 10.8. The fourth-order valence-corrected chi connectivity index (χ4v) is 3.56. The molecule has 0 aliphatic heterocycles. The third-order valence-electron chi connectivity index (χ3n) is 4.82. The number of aromatic nitrogens is 5. The van der Waals surface area contributed by atoms with Crippen LogP contribution >= 0.6 is 12.2 Å². The second kappa shape index (κ2) is 9.01. The van der Waals surface area contributed by atoms with Gasteiger partial charge in [0, 0.05) is 36.0 Å². The van der Waals surface area contributed by atoms with Crippen LogP contribution in [0.4, 0.5) is 5.69 Å². The number of nitrogens with one attached hydrogen (secondary N) is 2. The minimum Gasteiger partial charge on any atom is -0.326 e. The lowest BCUT2D eigenvalue weighted by Crippen LogP contribution is -2.15. The van der Waals surface area contributed by atoms with E-state index in [9.17, 15) is 4.79 Å². The van der Waals surface area contributed by atoms with Crippen molar-refractivity contribution in [2.24, 2.45) is 0 Å². The molecule has 0 aliphatic carbocycles. The number of hydrogen-bond acceptors (Lipinski definition) is 5. The molecule has 8 heteroatoms. The lowest BCUT2D eigenvalue weighted by molar-refractivity contribution is -0.116. The summed E-state index contributed by atoms with van der Waals surface area (Å²) in [6, 6.07) is 17.5. The van der Waals surface area contributed by atoms with E-state index in [1.807, 2.05) is 73.0 Å². The lowest BCUT2D eigenvalue weighted by atomic mass is 10.1. The summed E-state index contributed by atoms with van der Waals surface area (Å²) in [4.78, 5) is 21.2. The van der Waals surface area contributed by atoms with E-state index in [1.54, 1.807) is 6.20 Å². The average Bonchev–Trinajstić information content (AvgIpc) is 3.13. The summed E-state index contributed by atoms with van der Waals surface area (Å²) in [6.07, 6.45) is 1.99. The first-order chi connectivity index (χ1) is 15.0. The molecule has 2 N–H and O–H groups in total. The second-order valence-electron chi connectivity index (χ2n) is 7.24. The Kier molecular flexibility index (Phi) is 5.99. The molecule has 156 valence electrons. The van der Waals surface area contributed by atoms with Gasteiger partial charge in [0.1, 0.15) is 5.82 Å². The maximum Gasteiger partial charge on any atom is 0.226 e. The lowest BCUT2D eigenvalue weighted by Gasteiger charge is -2.10. The van der Waals surface area contributed by atoms with Crippen LogP contribution in [0.5, 0.6) is 0 Å². The Morgan fingerprint density at radius 2 is 1.90 bits per heavy atom. The van der Waals surface area contributed by atoms with Crippen LogP contribution < -0.4 is 5.32 Å². The first-order valence-electron chi connectivity index (χ1n) is 9.92. The average molecular weight is 431 g/mol. The molecule has 4 rings (SSSR count). The Bertz CT molecular complexity index is 1290. The van der Waals surface area contributed by atoms with Crippen molar-refractivity contribution in [2.45, 2.75) is 26.8 Å². The van der Waals surface area contributed by atoms with Crippen LogP contribution in [-0.2, 0) is 11.3 Å². The van der Waals surface area contributed by atoms with Gasteiger partial charge in [0.15, 0.2) is 10.6 Å². The fourth-order valence-electron chi connectivity index (χ4n) is 3.34. The summed E-state index contributed by atoms with van der Waals surface area (Å²) in [5, 5.41) is 10.1. The Balaban J connectivity index is 1.46. The standard InChI is InChI=1S/C23H22N6OS/c1-15-5-3-7-18(13-15)22-27-28-23(31)29(22)12-10-21(30)26-19-8-4-6-17(14-19)20-9-11-24-16(2)25-20/h3-9,11,13-14H,10,12H2,1-2H3,(H,26,30)(H,28,31). The molecule has 0 saturated heterocycles. The molecule has 0 unspecified atom stereocenters. The molecule has 2 aromatic heterocycles. The Hall–Kier alpha value is -3.65. The van der Waals surface area contributed by atoms with E-state index in [-0.39, 0.29) is 12.3 Å². The van der Waals surface area contributed by atoms with Crippen LogP contribution in [0.2, 0.25) is 0 Å². The highest BCUT2D eigenvalue weighted by atomic mass is 32.1. The smallest absolute Gasteiger partial charge is 0.226 e. The minimum atomic E-state index is -0.102. The number of rotatable bonds is 6. The third-order valence-corrected chi connectivity index (χ3v) is 5.13. The molecular formula is C23H22N6OS. The molecule has 0 saturated carbocycles. The van der Waals surface area contributed by atoms with Gasteiger partial charge < -0.3 is 5.32 Å². The first-order valence-corrected chi connectivity index (χ1v) is 10.3. The number of aromatic amines is 1. The highest BCUT2D eigenvalue weighted by Crippen LogP contribution is 2.22. The van der Waals surface area contributed by atoms with Crippen molar-refractivity contribution < 1.29 is 4.79 Å². The number of benzene rings is 2. The van der Waals surface area contributed by atoms with Crippen molar-refractivity contribution in [3.63, 3.8) is 0 Å². The molecule has 0 fully saturated rings. The summed E-state index contributed by atoms with van der Waals surface area (Å²) in [5.74, 6) is 1.32. The SMILES string of the molecule is Cc1cccc(-c2n[nH]c(=S)n2CCC(=O)Nc2cccc(-c3ccnc(C)n3)c2)c1. The summed E-state index contributed by atoms with van der Waals surface area (Å²) < 4.78 is 2.34. The van der Waals surface area contributed by atoms with Crippen molar-refractivity contribution in [3.8, 4) is 22.6 Å². The maximum absolute atomic E-state index is 12.6. The monoisotopic (exact) mass is 430 g/mol. The van der Waals surface area contributed by atoms with E-state index < -0.39 is 0 Å². The van der Waals surface area contributed by atoms with Gasteiger partial charge in [0.25, 0.3) is 0 Å². The zero-order chi connectivity index (χ0) is 21.8. The molecule has 0 atom stereocenters. The van der Waals surface area contributed by atoms with E-state index in [0.29, 0.717) is 22.8 Å². The highest BCUT2D eigenvalue weighted by Gasteiger charge is 2.11. The number of amides is 1. The molecule has 31 heavy (non-hydrogen) atoms. The molecule has 0 radical (unpaired) electrons. The molecular weight excluding hydrogens is 408 g/mol. The molecule has 7 nitrogen and oxygen atoms in total. The predicted octanol–water partition coefficient (Wildman–Crippen LogP) is 4.71. The van der Waals surface area contributed by atoms with Gasteiger partial charge >= 0.3 is 0 Å². The molecule has 0 bridgehead atoms. The minimum absolute atomic E-state index is 0.102. The van der Waals surface area contributed by atoms with E-state index in [2.05, 4.69) is 25.5 Å². The van der Waals surface area contributed by atoms with Gasteiger partial charge in [-0.2, -0.15) is 5.10 Å². The van der Waals surface area contributed by atoms with Crippen LogP contribution in [0.3, 0.4) is 0 Å². The molecule has 0 aliphatic rings.